The molecule has 5 nitrogen and oxygen atoms in total. The summed E-state index contributed by atoms with van der Waals surface area (Å²) in [5.74, 6) is -1.41. The molecule has 84 valence electrons. The van der Waals surface area contributed by atoms with E-state index in [9.17, 15) is 15.0 Å². The molecule has 1 unspecified atom stereocenters. The van der Waals surface area contributed by atoms with E-state index in [4.69, 9.17) is 0 Å². The largest absolute Gasteiger partial charge is 1.00 e. The summed E-state index contributed by atoms with van der Waals surface area (Å²) in [6.45, 7) is 1.70. The zero-order chi connectivity index (χ0) is 11.8. The summed E-state index contributed by atoms with van der Waals surface area (Å²) in [4.78, 5) is 18.9. The molecule has 2 heterocycles. The van der Waals surface area contributed by atoms with Gasteiger partial charge in [0, 0.05) is 4.88 Å². The molecule has 0 saturated carbocycles. The van der Waals surface area contributed by atoms with E-state index in [0.29, 0.717) is 4.88 Å². The molecule has 0 aliphatic carbocycles. The van der Waals surface area contributed by atoms with Crippen LogP contribution in [-0.4, -0.2) is 17.8 Å². The van der Waals surface area contributed by atoms with Crippen LogP contribution in [0.5, 0.6) is 0 Å². The molecule has 0 aromatic carbocycles. The number of aliphatic imine (C=N–C) groups is 2. The molecule has 1 aromatic rings. The van der Waals surface area contributed by atoms with Crippen LogP contribution in [0.1, 0.15) is 18.2 Å². The van der Waals surface area contributed by atoms with Gasteiger partial charge in [0.15, 0.2) is 0 Å². The van der Waals surface area contributed by atoms with Crippen molar-refractivity contribution >= 4 is 29.2 Å². The van der Waals surface area contributed by atoms with Gasteiger partial charge in [-0.15, -0.1) is 11.3 Å². The Morgan fingerprint density at radius 3 is 2.44 bits per heavy atom. The average Bonchev–Trinajstić information content (AvgIpc) is 2.71. The molecule has 2 rings (SSSR count). The minimum atomic E-state index is -1.37. The zero-order valence-electron chi connectivity index (χ0n) is 10.5. The van der Waals surface area contributed by atoms with Gasteiger partial charge in [-0.25, -0.2) is 4.99 Å². The van der Waals surface area contributed by atoms with E-state index in [2.05, 4.69) is 9.98 Å². The maximum absolute atomic E-state index is 11.8. The predicted molar refractivity (Wildman–Crippen MR) is 56.2 cm³/mol. The Kier molecular flexibility index (Phi) is 7.31. The number of rotatable bonds is 2. The molecule has 0 N–H and O–H groups in total. The first-order valence-electron chi connectivity index (χ1n) is 4.71. The number of carbonyl (C=O) groups is 1. The topological polar surface area (TPSA) is 87.9 Å². The van der Waals surface area contributed by atoms with Gasteiger partial charge >= 0.3 is 59.1 Å². The Morgan fingerprint density at radius 2 is 2.00 bits per heavy atom. The fraction of sp³-hybridized carbons (Fsp3) is 0.300. The number of amidine groups is 1. The summed E-state index contributed by atoms with van der Waals surface area (Å²) in [7, 11) is 0. The van der Waals surface area contributed by atoms with Crippen molar-refractivity contribution in [2.24, 2.45) is 9.98 Å². The molecule has 1 aliphatic heterocycles. The number of carbonyl (C=O) groups excluding carboxylic acids is 1. The van der Waals surface area contributed by atoms with Gasteiger partial charge in [-0.05, 0) is 23.8 Å². The van der Waals surface area contributed by atoms with E-state index >= 15 is 0 Å². The van der Waals surface area contributed by atoms with Gasteiger partial charge in [-0.1, -0.05) is 13.0 Å². The Labute approximate surface area is 153 Å². The summed E-state index contributed by atoms with van der Waals surface area (Å²) in [6, 6.07) is 2.43. The summed E-state index contributed by atoms with van der Waals surface area (Å²) < 4.78 is 0. The van der Waals surface area contributed by atoms with Gasteiger partial charge in [0.05, 0.1) is 6.02 Å². The first kappa shape index (κ1) is 18.3. The maximum Gasteiger partial charge on any atom is 1.00 e. The Hall–Kier alpha value is 0.310. The third kappa shape index (κ3) is 2.90. The molecule has 0 bridgehead atoms. The van der Waals surface area contributed by atoms with E-state index in [1.54, 1.807) is 24.4 Å². The predicted octanol–water partition coefficient (Wildman–Crippen LogP) is -6.58. The first-order valence-corrected chi connectivity index (χ1v) is 5.59. The SMILES string of the molecule is CCC1(c2cccs2)C(=O)N=C([O-])N=C1[O-].[Na+].[Na+]. The molecule has 1 aliphatic rings. The number of amides is 1. The third-order valence-corrected chi connectivity index (χ3v) is 3.63. The summed E-state index contributed by atoms with van der Waals surface area (Å²) in [6.07, 6.45) is 0.255. The van der Waals surface area contributed by atoms with Crippen LogP contribution in [0.3, 0.4) is 0 Å². The molecular formula is C10H8N2Na2O3S. The van der Waals surface area contributed by atoms with Gasteiger partial charge < -0.3 is 10.2 Å². The van der Waals surface area contributed by atoms with E-state index in [1.165, 1.54) is 11.3 Å². The quantitative estimate of drug-likeness (QED) is 0.505. The molecule has 1 atom stereocenters. The molecule has 0 fully saturated rings. The van der Waals surface area contributed by atoms with Crippen LogP contribution in [0.4, 0.5) is 0 Å². The van der Waals surface area contributed by atoms with Crippen molar-refractivity contribution in [1.82, 2.24) is 0 Å². The fourth-order valence-corrected chi connectivity index (χ4v) is 2.67. The van der Waals surface area contributed by atoms with Crippen molar-refractivity contribution in [2.45, 2.75) is 18.8 Å². The molecule has 0 saturated heterocycles. The Balaban J connectivity index is 0.00000144. The molecule has 8 heteroatoms. The Morgan fingerprint density at radius 1 is 1.33 bits per heavy atom. The first-order chi connectivity index (χ1) is 7.61. The van der Waals surface area contributed by atoms with Crippen molar-refractivity contribution in [3.8, 4) is 0 Å². The van der Waals surface area contributed by atoms with E-state index in [0.717, 1.165) is 0 Å². The average molecular weight is 282 g/mol. The van der Waals surface area contributed by atoms with E-state index in [1.807, 2.05) is 0 Å². The number of hydrogen-bond donors (Lipinski definition) is 0. The number of thiophene rings is 1. The molecule has 0 spiro atoms. The monoisotopic (exact) mass is 282 g/mol. The number of nitrogens with zero attached hydrogens (tertiary/aromatic N) is 2. The summed E-state index contributed by atoms with van der Waals surface area (Å²) >= 11 is 1.29. The fourth-order valence-electron chi connectivity index (χ4n) is 1.69. The minimum absolute atomic E-state index is 0. The van der Waals surface area contributed by atoms with Crippen molar-refractivity contribution in [2.75, 3.05) is 0 Å². The van der Waals surface area contributed by atoms with Crippen LogP contribution in [0, 0.1) is 0 Å². The number of hydrogen-bond acceptors (Lipinski definition) is 5. The van der Waals surface area contributed by atoms with Crippen molar-refractivity contribution < 1.29 is 74.1 Å². The summed E-state index contributed by atoms with van der Waals surface area (Å²) in [5, 5.41) is 24.5. The molecule has 18 heavy (non-hydrogen) atoms. The van der Waals surface area contributed by atoms with Crippen molar-refractivity contribution in [1.29, 1.82) is 0 Å². The van der Waals surface area contributed by atoms with E-state index < -0.39 is 23.2 Å². The van der Waals surface area contributed by atoms with Gasteiger partial charge in [0.2, 0.25) is 0 Å². The normalized spacial score (nSPS) is 22.4. The van der Waals surface area contributed by atoms with Crippen molar-refractivity contribution in [3.63, 3.8) is 0 Å². The second-order valence-corrected chi connectivity index (χ2v) is 4.30. The molecule has 1 aromatic heterocycles. The van der Waals surface area contributed by atoms with Crippen molar-refractivity contribution in [3.05, 3.63) is 22.4 Å². The molecular weight excluding hydrogens is 274 g/mol. The second kappa shape index (κ2) is 7.19. The minimum Gasteiger partial charge on any atom is -0.861 e. The van der Waals surface area contributed by atoms with Crippen LogP contribution in [0.15, 0.2) is 27.5 Å². The zero-order valence-corrected chi connectivity index (χ0v) is 15.3. The van der Waals surface area contributed by atoms with Crippen LogP contribution < -0.4 is 69.3 Å². The van der Waals surface area contributed by atoms with Crippen LogP contribution in [0.2, 0.25) is 0 Å². The van der Waals surface area contributed by atoms with Gasteiger partial charge in [-0.2, -0.15) is 0 Å². The molecule has 1 amide bonds. The van der Waals surface area contributed by atoms with E-state index in [-0.39, 0.29) is 65.5 Å². The van der Waals surface area contributed by atoms with Gasteiger partial charge in [0.25, 0.3) is 5.91 Å². The van der Waals surface area contributed by atoms with Gasteiger partial charge in [0.1, 0.15) is 5.41 Å². The maximum atomic E-state index is 11.8. The van der Waals surface area contributed by atoms with Crippen LogP contribution >= 0.6 is 11.3 Å². The van der Waals surface area contributed by atoms with Crippen LogP contribution in [0.25, 0.3) is 0 Å². The van der Waals surface area contributed by atoms with Crippen LogP contribution in [-0.2, 0) is 10.2 Å². The van der Waals surface area contributed by atoms with Gasteiger partial charge in [-0.3, -0.25) is 9.79 Å². The standard InChI is InChI=1S/C10H10N2O3S.2Na/c1-2-10(6-4-3-5-16-6)7(13)11-9(15)12-8(10)14;;/h3-5H,2H2,1H3,(H2,11,12,13,14,15);;/q;2*+1/p-2. The summed E-state index contributed by atoms with van der Waals surface area (Å²) in [5.41, 5.74) is -1.37. The molecule has 0 radical (unpaired) electrons. The second-order valence-electron chi connectivity index (χ2n) is 3.35. The Bertz CT molecular complexity index is 487. The smallest absolute Gasteiger partial charge is 0.861 e. The third-order valence-electron chi connectivity index (χ3n) is 2.60.